The Balaban J connectivity index is 2.17. The van der Waals surface area contributed by atoms with Gasteiger partial charge in [-0.1, -0.05) is 28.1 Å². The average molecular weight is 315 g/mol. The van der Waals surface area contributed by atoms with Crippen molar-refractivity contribution in [1.29, 1.82) is 0 Å². The molecule has 1 aromatic carbocycles. The first-order chi connectivity index (χ1) is 8.72. The van der Waals surface area contributed by atoms with E-state index in [0.29, 0.717) is 19.8 Å². The molecule has 0 saturated carbocycles. The smallest absolute Gasteiger partial charge is 0.338 e. The average Bonchev–Trinajstić information content (AvgIpc) is 2.40. The van der Waals surface area contributed by atoms with E-state index >= 15 is 0 Å². The summed E-state index contributed by atoms with van der Waals surface area (Å²) >= 11 is 3.37. The molecule has 2 unspecified atom stereocenters. The molecule has 0 aromatic heterocycles. The van der Waals surface area contributed by atoms with Crippen LogP contribution in [0.2, 0.25) is 0 Å². The number of carbonyl (C=O) groups is 1. The van der Waals surface area contributed by atoms with Crippen molar-refractivity contribution in [2.45, 2.75) is 19.1 Å². The fourth-order valence-corrected chi connectivity index (χ4v) is 2.13. The zero-order chi connectivity index (χ0) is 13.0. The first-order valence-corrected chi connectivity index (χ1v) is 6.67. The standard InChI is InChI=1S/C13H15BrO4/c1-2-16-13(15)12-11(17-7-8-18-12)9-3-5-10(14)6-4-9/h3-6,11-12H,2,7-8H2,1H3. The van der Waals surface area contributed by atoms with Gasteiger partial charge in [0, 0.05) is 4.47 Å². The zero-order valence-corrected chi connectivity index (χ0v) is 11.7. The van der Waals surface area contributed by atoms with E-state index in [2.05, 4.69) is 15.9 Å². The molecule has 0 aliphatic carbocycles. The Morgan fingerprint density at radius 1 is 1.33 bits per heavy atom. The summed E-state index contributed by atoms with van der Waals surface area (Å²) in [6, 6.07) is 7.65. The van der Waals surface area contributed by atoms with Crippen LogP contribution in [0.1, 0.15) is 18.6 Å². The summed E-state index contributed by atoms with van der Waals surface area (Å²) in [4.78, 5) is 11.8. The Kier molecular flexibility index (Phi) is 4.74. The number of esters is 1. The van der Waals surface area contributed by atoms with Crippen molar-refractivity contribution in [3.05, 3.63) is 34.3 Å². The number of hydrogen-bond donors (Lipinski definition) is 0. The molecule has 2 rings (SSSR count). The Morgan fingerprint density at radius 3 is 2.67 bits per heavy atom. The minimum atomic E-state index is -0.681. The Bertz CT molecular complexity index is 404. The molecule has 1 aliphatic heterocycles. The minimum Gasteiger partial charge on any atom is -0.464 e. The number of rotatable bonds is 3. The van der Waals surface area contributed by atoms with E-state index in [4.69, 9.17) is 14.2 Å². The minimum absolute atomic E-state index is 0.339. The highest BCUT2D eigenvalue weighted by molar-refractivity contribution is 9.10. The predicted octanol–water partition coefficient (Wildman–Crippen LogP) is 2.47. The van der Waals surface area contributed by atoms with Crippen LogP contribution in [0.4, 0.5) is 0 Å². The highest BCUT2D eigenvalue weighted by Gasteiger charge is 2.35. The van der Waals surface area contributed by atoms with Gasteiger partial charge in [0.05, 0.1) is 19.8 Å². The van der Waals surface area contributed by atoms with Crippen LogP contribution in [0.15, 0.2) is 28.7 Å². The molecule has 5 heteroatoms. The molecule has 1 heterocycles. The van der Waals surface area contributed by atoms with Crippen molar-refractivity contribution >= 4 is 21.9 Å². The molecule has 98 valence electrons. The van der Waals surface area contributed by atoms with Crippen LogP contribution in [0.3, 0.4) is 0 Å². The Hall–Kier alpha value is -0.910. The summed E-state index contributed by atoms with van der Waals surface area (Å²) < 4.78 is 17.1. The van der Waals surface area contributed by atoms with Gasteiger partial charge >= 0.3 is 5.97 Å². The largest absolute Gasteiger partial charge is 0.464 e. The summed E-state index contributed by atoms with van der Waals surface area (Å²) in [7, 11) is 0. The lowest BCUT2D eigenvalue weighted by Crippen LogP contribution is -2.39. The summed E-state index contributed by atoms with van der Waals surface area (Å²) in [6.07, 6.45) is -1.08. The molecule has 4 nitrogen and oxygen atoms in total. The quantitative estimate of drug-likeness (QED) is 0.804. The maximum absolute atomic E-state index is 11.8. The topological polar surface area (TPSA) is 44.8 Å². The van der Waals surface area contributed by atoms with Crippen molar-refractivity contribution in [2.24, 2.45) is 0 Å². The number of ether oxygens (including phenoxy) is 3. The maximum atomic E-state index is 11.8. The molecule has 18 heavy (non-hydrogen) atoms. The third kappa shape index (κ3) is 3.10. The van der Waals surface area contributed by atoms with E-state index < -0.39 is 12.2 Å². The molecular formula is C13H15BrO4. The van der Waals surface area contributed by atoms with Crippen molar-refractivity contribution in [3.63, 3.8) is 0 Å². The Morgan fingerprint density at radius 2 is 2.00 bits per heavy atom. The zero-order valence-electron chi connectivity index (χ0n) is 10.1. The molecule has 0 amide bonds. The number of hydrogen-bond acceptors (Lipinski definition) is 4. The summed E-state index contributed by atoms with van der Waals surface area (Å²) in [5.74, 6) is -0.370. The second-order valence-corrected chi connectivity index (χ2v) is 4.80. The third-order valence-corrected chi connectivity index (χ3v) is 3.20. The van der Waals surface area contributed by atoms with Crippen LogP contribution in [-0.4, -0.2) is 31.9 Å². The second-order valence-electron chi connectivity index (χ2n) is 3.89. The van der Waals surface area contributed by atoms with Gasteiger partial charge in [0.1, 0.15) is 6.10 Å². The fourth-order valence-electron chi connectivity index (χ4n) is 1.86. The van der Waals surface area contributed by atoms with Gasteiger partial charge in [-0.2, -0.15) is 0 Å². The first kappa shape index (κ1) is 13.5. The van der Waals surface area contributed by atoms with E-state index in [1.807, 2.05) is 24.3 Å². The number of benzene rings is 1. The van der Waals surface area contributed by atoms with Crippen LogP contribution in [0, 0.1) is 0 Å². The third-order valence-electron chi connectivity index (χ3n) is 2.67. The van der Waals surface area contributed by atoms with Gasteiger partial charge < -0.3 is 14.2 Å². The normalized spacial score (nSPS) is 23.7. The maximum Gasteiger partial charge on any atom is 0.338 e. The lowest BCUT2D eigenvalue weighted by atomic mass is 10.0. The van der Waals surface area contributed by atoms with E-state index in [-0.39, 0.29) is 5.97 Å². The van der Waals surface area contributed by atoms with Crippen molar-refractivity contribution in [3.8, 4) is 0 Å². The van der Waals surface area contributed by atoms with E-state index in [1.54, 1.807) is 6.92 Å². The number of halogens is 1. The molecule has 1 saturated heterocycles. The molecule has 0 bridgehead atoms. The first-order valence-electron chi connectivity index (χ1n) is 5.87. The van der Waals surface area contributed by atoms with Crippen LogP contribution >= 0.6 is 15.9 Å². The van der Waals surface area contributed by atoms with Gasteiger partial charge in [-0.3, -0.25) is 0 Å². The molecule has 0 N–H and O–H groups in total. The highest BCUT2D eigenvalue weighted by atomic mass is 79.9. The summed E-state index contributed by atoms with van der Waals surface area (Å²) in [5.41, 5.74) is 0.913. The molecule has 1 fully saturated rings. The van der Waals surface area contributed by atoms with E-state index in [0.717, 1.165) is 10.0 Å². The molecule has 1 aliphatic rings. The second kappa shape index (κ2) is 6.31. The molecule has 2 atom stereocenters. The van der Waals surface area contributed by atoms with Crippen molar-refractivity contribution in [1.82, 2.24) is 0 Å². The molecule has 0 radical (unpaired) electrons. The van der Waals surface area contributed by atoms with Gasteiger partial charge in [-0.25, -0.2) is 4.79 Å². The van der Waals surface area contributed by atoms with Gasteiger partial charge in [-0.15, -0.1) is 0 Å². The van der Waals surface area contributed by atoms with Crippen LogP contribution in [0.5, 0.6) is 0 Å². The summed E-state index contributed by atoms with van der Waals surface area (Å²) in [6.45, 7) is 3.01. The molecule has 1 aromatic rings. The SMILES string of the molecule is CCOC(=O)C1OCCOC1c1ccc(Br)cc1. The Labute approximate surface area is 114 Å². The monoisotopic (exact) mass is 314 g/mol. The van der Waals surface area contributed by atoms with E-state index in [1.165, 1.54) is 0 Å². The lowest BCUT2D eigenvalue weighted by molar-refractivity contribution is -0.186. The van der Waals surface area contributed by atoms with Gasteiger partial charge in [0.25, 0.3) is 0 Å². The van der Waals surface area contributed by atoms with E-state index in [9.17, 15) is 4.79 Å². The van der Waals surface area contributed by atoms with Gasteiger partial charge in [-0.05, 0) is 24.6 Å². The predicted molar refractivity (Wildman–Crippen MR) is 69.2 cm³/mol. The van der Waals surface area contributed by atoms with Gasteiger partial charge in [0.2, 0.25) is 0 Å². The van der Waals surface area contributed by atoms with Gasteiger partial charge in [0.15, 0.2) is 6.10 Å². The van der Waals surface area contributed by atoms with Crippen LogP contribution in [0.25, 0.3) is 0 Å². The van der Waals surface area contributed by atoms with Crippen molar-refractivity contribution < 1.29 is 19.0 Å². The number of carbonyl (C=O) groups excluding carboxylic acids is 1. The lowest BCUT2D eigenvalue weighted by Gasteiger charge is -2.30. The van der Waals surface area contributed by atoms with Crippen molar-refractivity contribution in [2.75, 3.05) is 19.8 Å². The molecule has 0 spiro atoms. The highest BCUT2D eigenvalue weighted by Crippen LogP contribution is 2.28. The fraction of sp³-hybridized carbons (Fsp3) is 0.462. The molecular weight excluding hydrogens is 300 g/mol. The summed E-state index contributed by atoms with van der Waals surface area (Å²) in [5, 5.41) is 0. The van der Waals surface area contributed by atoms with Crippen LogP contribution in [-0.2, 0) is 19.0 Å². The van der Waals surface area contributed by atoms with Crippen LogP contribution < -0.4 is 0 Å².